The van der Waals surface area contributed by atoms with Crippen molar-refractivity contribution in [3.63, 3.8) is 0 Å². The number of carbonyl (C=O) groups is 2. The summed E-state index contributed by atoms with van der Waals surface area (Å²) in [7, 11) is 0. The molecule has 1 heterocycles. The first-order valence-corrected chi connectivity index (χ1v) is 9.12. The number of aryl methyl sites for hydroxylation is 1. The van der Waals surface area contributed by atoms with E-state index >= 15 is 0 Å². The summed E-state index contributed by atoms with van der Waals surface area (Å²) in [6.45, 7) is 8.11. The molecule has 0 fully saturated rings. The minimum absolute atomic E-state index is 0.0249. The molecule has 2 amide bonds. The molecule has 0 unspecified atom stereocenters. The molecule has 0 atom stereocenters. The fourth-order valence-electron chi connectivity index (χ4n) is 2.83. The molecule has 28 heavy (non-hydrogen) atoms. The third kappa shape index (κ3) is 4.31. The topological polar surface area (TPSA) is 71.3 Å². The fourth-order valence-corrected chi connectivity index (χ4v) is 2.83. The van der Waals surface area contributed by atoms with Crippen molar-refractivity contribution >= 4 is 23.2 Å². The highest BCUT2D eigenvalue weighted by Gasteiger charge is 2.16. The van der Waals surface area contributed by atoms with Gasteiger partial charge in [-0.05, 0) is 48.2 Å². The second-order valence-electron chi connectivity index (χ2n) is 7.67. The van der Waals surface area contributed by atoms with Crippen molar-refractivity contribution in [1.29, 1.82) is 0 Å². The summed E-state index contributed by atoms with van der Waals surface area (Å²) in [5, 5.41) is 5.70. The molecule has 0 saturated carbocycles. The number of anilines is 2. The average molecular weight is 376 g/mol. The van der Waals surface area contributed by atoms with Gasteiger partial charge in [0.25, 0.3) is 11.8 Å². The summed E-state index contributed by atoms with van der Waals surface area (Å²) < 4.78 is 5.18. The van der Waals surface area contributed by atoms with Crippen LogP contribution in [0.25, 0.3) is 0 Å². The quantitative estimate of drug-likeness (QED) is 0.641. The van der Waals surface area contributed by atoms with Crippen molar-refractivity contribution < 1.29 is 14.0 Å². The molecule has 0 aliphatic carbocycles. The molecular weight excluding hydrogens is 352 g/mol. The summed E-state index contributed by atoms with van der Waals surface area (Å²) in [6, 6.07) is 16.3. The van der Waals surface area contributed by atoms with Gasteiger partial charge in [0.2, 0.25) is 0 Å². The van der Waals surface area contributed by atoms with Gasteiger partial charge in [-0.2, -0.15) is 0 Å². The molecule has 2 N–H and O–H groups in total. The van der Waals surface area contributed by atoms with Gasteiger partial charge in [-0.3, -0.25) is 9.59 Å². The van der Waals surface area contributed by atoms with Gasteiger partial charge in [0.15, 0.2) is 0 Å². The molecule has 1 aromatic heterocycles. The van der Waals surface area contributed by atoms with E-state index in [0.29, 0.717) is 28.3 Å². The van der Waals surface area contributed by atoms with Gasteiger partial charge in [-0.1, -0.05) is 45.0 Å². The second-order valence-corrected chi connectivity index (χ2v) is 7.67. The molecule has 0 saturated heterocycles. The Morgan fingerprint density at radius 1 is 0.821 bits per heavy atom. The Labute approximate surface area is 164 Å². The molecule has 144 valence electrons. The van der Waals surface area contributed by atoms with Crippen LogP contribution < -0.4 is 10.6 Å². The lowest BCUT2D eigenvalue weighted by Gasteiger charge is -2.19. The monoisotopic (exact) mass is 376 g/mol. The molecular formula is C23H24N2O3. The fraction of sp³-hybridized carbons (Fsp3) is 0.217. The van der Waals surface area contributed by atoms with Crippen LogP contribution in [0.4, 0.5) is 11.4 Å². The van der Waals surface area contributed by atoms with E-state index in [-0.39, 0.29) is 17.2 Å². The van der Waals surface area contributed by atoms with E-state index in [4.69, 9.17) is 4.42 Å². The predicted octanol–water partition coefficient (Wildman–Crippen LogP) is 5.39. The SMILES string of the molecule is Cc1occc1C(=O)Nc1ccccc1NC(=O)c1ccc(C(C)(C)C)cc1. The highest BCUT2D eigenvalue weighted by molar-refractivity contribution is 6.10. The molecule has 5 nitrogen and oxygen atoms in total. The Bertz CT molecular complexity index is 995. The van der Waals surface area contributed by atoms with Crippen LogP contribution in [0.5, 0.6) is 0 Å². The average Bonchev–Trinajstić information content (AvgIpc) is 3.09. The molecule has 0 aliphatic rings. The molecule has 5 heteroatoms. The molecule has 0 spiro atoms. The van der Waals surface area contributed by atoms with E-state index in [1.54, 1.807) is 37.3 Å². The smallest absolute Gasteiger partial charge is 0.259 e. The van der Waals surface area contributed by atoms with Crippen LogP contribution >= 0.6 is 0 Å². The van der Waals surface area contributed by atoms with Gasteiger partial charge in [-0.15, -0.1) is 0 Å². The molecule has 0 radical (unpaired) electrons. The van der Waals surface area contributed by atoms with E-state index in [0.717, 1.165) is 5.56 Å². The summed E-state index contributed by atoms with van der Waals surface area (Å²) in [5.41, 5.74) is 3.25. The van der Waals surface area contributed by atoms with Crippen molar-refractivity contribution in [2.75, 3.05) is 10.6 Å². The zero-order valence-electron chi connectivity index (χ0n) is 16.5. The van der Waals surface area contributed by atoms with Gasteiger partial charge in [-0.25, -0.2) is 0 Å². The Kier molecular flexibility index (Phi) is 5.36. The summed E-state index contributed by atoms with van der Waals surface area (Å²) >= 11 is 0. The van der Waals surface area contributed by atoms with Crippen molar-refractivity contribution in [2.45, 2.75) is 33.1 Å². The number of hydrogen-bond acceptors (Lipinski definition) is 3. The number of benzene rings is 2. The lowest BCUT2D eigenvalue weighted by atomic mass is 9.87. The zero-order valence-corrected chi connectivity index (χ0v) is 16.5. The molecule has 0 bridgehead atoms. The molecule has 3 aromatic rings. The van der Waals surface area contributed by atoms with E-state index in [9.17, 15) is 9.59 Å². The summed E-state index contributed by atoms with van der Waals surface area (Å²) in [6.07, 6.45) is 1.47. The van der Waals surface area contributed by atoms with Crippen LogP contribution in [0.15, 0.2) is 65.3 Å². The highest BCUT2D eigenvalue weighted by atomic mass is 16.3. The van der Waals surface area contributed by atoms with Gasteiger partial charge in [0.05, 0.1) is 23.2 Å². The van der Waals surface area contributed by atoms with Crippen molar-refractivity contribution in [1.82, 2.24) is 0 Å². The maximum absolute atomic E-state index is 12.7. The Morgan fingerprint density at radius 3 is 1.89 bits per heavy atom. The number of nitrogens with one attached hydrogen (secondary N) is 2. The largest absolute Gasteiger partial charge is 0.469 e. The van der Waals surface area contributed by atoms with Crippen LogP contribution in [0.2, 0.25) is 0 Å². The number of rotatable bonds is 4. The number of carbonyl (C=O) groups excluding carboxylic acids is 2. The first kappa shape index (κ1) is 19.4. The minimum Gasteiger partial charge on any atom is -0.469 e. The third-order valence-corrected chi connectivity index (χ3v) is 4.54. The lowest BCUT2D eigenvalue weighted by molar-refractivity contribution is 0.101. The molecule has 2 aromatic carbocycles. The van der Waals surface area contributed by atoms with Gasteiger partial charge >= 0.3 is 0 Å². The van der Waals surface area contributed by atoms with E-state index in [2.05, 4.69) is 31.4 Å². The maximum Gasteiger partial charge on any atom is 0.259 e. The van der Waals surface area contributed by atoms with E-state index in [1.807, 2.05) is 24.3 Å². The maximum atomic E-state index is 12.7. The predicted molar refractivity (Wildman–Crippen MR) is 111 cm³/mol. The summed E-state index contributed by atoms with van der Waals surface area (Å²) in [4.78, 5) is 25.1. The molecule has 0 aliphatic heterocycles. The second kappa shape index (κ2) is 7.72. The Hall–Kier alpha value is -3.34. The van der Waals surface area contributed by atoms with Crippen molar-refractivity contribution in [2.24, 2.45) is 0 Å². The van der Waals surface area contributed by atoms with Crippen molar-refractivity contribution in [3.8, 4) is 0 Å². The van der Waals surface area contributed by atoms with Crippen LogP contribution in [-0.2, 0) is 5.41 Å². The molecule has 3 rings (SSSR count). The van der Waals surface area contributed by atoms with Crippen LogP contribution in [0.1, 0.15) is 52.8 Å². The normalized spacial score (nSPS) is 11.1. The zero-order chi connectivity index (χ0) is 20.3. The van der Waals surface area contributed by atoms with E-state index in [1.165, 1.54) is 6.26 Å². The van der Waals surface area contributed by atoms with Gasteiger partial charge in [0.1, 0.15) is 5.76 Å². The number of hydrogen-bond donors (Lipinski definition) is 2. The number of para-hydroxylation sites is 2. The Balaban J connectivity index is 1.77. The minimum atomic E-state index is -0.289. The van der Waals surface area contributed by atoms with Crippen LogP contribution in [-0.4, -0.2) is 11.8 Å². The van der Waals surface area contributed by atoms with Crippen molar-refractivity contribution in [3.05, 3.63) is 83.3 Å². The Morgan fingerprint density at radius 2 is 1.39 bits per heavy atom. The van der Waals surface area contributed by atoms with E-state index < -0.39 is 0 Å². The number of amides is 2. The number of furan rings is 1. The van der Waals surface area contributed by atoms with Gasteiger partial charge in [0, 0.05) is 5.56 Å². The first-order chi connectivity index (χ1) is 13.3. The van der Waals surface area contributed by atoms with Gasteiger partial charge < -0.3 is 15.1 Å². The standard InChI is InChI=1S/C23H24N2O3/c1-15-18(13-14-28-15)22(27)25-20-8-6-5-7-19(20)24-21(26)16-9-11-17(12-10-16)23(2,3)4/h5-14H,1-4H3,(H,24,26)(H,25,27). The first-order valence-electron chi connectivity index (χ1n) is 9.12. The van der Waals surface area contributed by atoms with Crippen LogP contribution in [0, 0.1) is 6.92 Å². The highest BCUT2D eigenvalue weighted by Crippen LogP contribution is 2.25. The summed E-state index contributed by atoms with van der Waals surface area (Å²) in [5.74, 6) is 0.0158. The third-order valence-electron chi connectivity index (χ3n) is 4.54. The van der Waals surface area contributed by atoms with Crippen LogP contribution in [0.3, 0.4) is 0 Å². The lowest BCUT2D eigenvalue weighted by Crippen LogP contribution is -2.17.